The number of carbonyl (C=O) groups excluding carboxylic acids is 2. The Kier molecular flexibility index (Phi) is 3.73. The second-order valence-electron chi connectivity index (χ2n) is 10.3. The molecule has 2 saturated heterocycles. The van der Waals surface area contributed by atoms with Gasteiger partial charge in [-0.1, -0.05) is 26.5 Å². The van der Waals surface area contributed by atoms with Crippen LogP contribution in [0.2, 0.25) is 0 Å². The molecule has 8 heteroatoms. The number of ether oxygens (including phenoxy) is 2. The molecule has 0 aromatic heterocycles. The third kappa shape index (κ3) is 1.77. The topological polar surface area (TPSA) is 134 Å². The summed E-state index contributed by atoms with van der Waals surface area (Å²) in [5.74, 6) is -5.30. The maximum absolute atomic E-state index is 13.6. The van der Waals surface area contributed by atoms with Crippen LogP contribution in [0.5, 0.6) is 0 Å². The number of hydrogen-bond donors (Lipinski definition) is 4. The highest BCUT2D eigenvalue weighted by molar-refractivity contribution is 5.88. The number of carbonyl (C=O) groups is 2. The van der Waals surface area contributed by atoms with Crippen LogP contribution in [-0.2, 0) is 19.1 Å². The first-order valence-corrected chi connectivity index (χ1v) is 10.5. The summed E-state index contributed by atoms with van der Waals surface area (Å²) in [5.41, 5.74) is -3.46. The van der Waals surface area contributed by atoms with Crippen molar-refractivity contribution in [3.63, 3.8) is 0 Å². The molecule has 0 aromatic rings. The Morgan fingerprint density at radius 3 is 2.57 bits per heavy atom. The largest absolute Gasteiger partial charge is 0.461 e. The summed E-state index contributed by atoms with van der Waals surface area (Å²) in [5, 5.41) is 45.7. The van der Waals surface area contributed by atoms with Gasteiger partial charge in [0.15, 0.2) is 0 Å². The molecule has 8 nitrogen and oxygen atoms in total. The Labute approximate surface area is 174 Å². The van der Waals surface area contributed by atoms with Gasteiger partial charge in [-0.2, -0.15) is 0 Å². The van der Waals surface area contributed by atoms with Gasteiger partial charge in [-0.15, -0.1) is 0 Å². The average Bonchev–Trinajstić information content (AvgIpc) is 2.74. The highest BCUT2D eigenvalue weighted by Crippen LogP contribution is 2.76. The molecule has 6 aliphatic rings. The van der Waals surface area contributed by atoms with Crippen molar-refractivity contribution in [3.05, 3.63) is 23.8 Å². The lowest BCUT2D eigenvalue weighted by Gasteiger charge is -2.71. The lowest BCUT2D eigenvalue weighted by Crippen LogP contribution is -2.84. The second-order valence-corrected chi connectivity index (χ2v) is 10.3. The van der Waals surface area contributed by atoms with Crippen LogP contribution < -0.4 is 0 Å². The first-order chi connectivity index (χ1) is 13.9. The summed E-state index contributed by atoms with van der Waals surface area (Å²) in [6.07, 6.45) is -2.35. The van der Waals surface area contributed by atoms with Crippen LogP contribution in [0.25, 0.3) is 0 Å². The van der Waals surface area contributed by atoms with Gasteiger partial charge in [-0.25, -0.2) is 0 Å². The van der Waals surface area contributed by atoms with E-state index in [0.717, 1.165) is 0 Å². The van der Waals surface area contributed by atoms with Crippen LogP contribution >= 0.6 is 0 Å². The number of fused-ring (bicyclic) bond motifs is 2. The van der Waals surface area contributed by atoms with E-state index >= 15 is 0 Å². The molecule has 9 atom stereocenters. The van der Waals surface area contributed by atoms with Crippen molar-refractivity contribution in [1.29, 1.82) is 0 Å². The van der Waals surface area contributed by atoms with E-state index in [9.17, 15) is 30.0 Å². The van der Waals surface area contributed by atoms with E-state index in [1.807, 2.05) is 13.8 Å². The zero-order chi connectivity index (χ0) is 22.0. The Morgan fingerprint density at radius 2 is 1.93 bits per heavy atom. The Balaban J connectivity index is 1.86. The summed E-state index contributed by atoms with van der Waals surface area (Å²) in [6, 6.07) is 0. The Morgan fingerprint density at radius 1 is 1.27 bits per heavy atom. The lowest BCUT2D eigenvalue weighted by atomic mass is 9.38. The predicted molar refractivity (Wildman–Crippen MR) is 101 cm³/mol. The van der Waals surface area contributed by atoms with Crippen LogP contribution in [0.1, 0.15) is 40.0 Å². The fraction of sp³-hybridized carbons (Fsp3) is 0.727. The molecule has 0 unspecified atom stereocenters. The highest BCUT2D eigenvalue weighted by Gasteiger charge is 2.88. The van der Waals surface area contributed by atoms with E-state index in [-0.39, 0.29) is 0 Å². The molecule has 4 aliphatic carbocycles. The van der Waals surface area contributed by atoms with E-state index in [4.69, 9.17) is 9.47 Å². The molecular weight excluding hydrogens is 392 g/mol. The number of rotatable bonds is 1. The number of esters is 2. The molecule has 2 heterocycles. The molecule has 6 rings (SSSR count). The van der Waals surface area contributed by atoms with Crippen molar-refractivity contribution in [2.75, 3.05) is 0 Å². The van der Waals surface area contributed by atoms with E-state index in [1.54, 1.807) is 6.08 Å². The molecule has 2 aliphatic heterocycles. The van der Waals surface area contributed by atoms with Gasteiger partial charge in [0, 0.05) is 18.8 Å². The minimum Gasteiger partial charge on any atom is -0.461 e. The SMILES string of the molecule is C=C1[C@@H](O)[C@@]23C(=CC[C@@H]1[C@H]2O)[C@@]12C(=O)O[C@]3(O)[C@@H](O)[C@@H]1C(C)(C)CC[C@@H]2OC(C)=O. The summed E-state index contributed by atoms with van der Waals surface area (Å²) < 4.78 is 11.1. The monoisotopic (exact) mass is 420 g/mol. The van der Waals surface area contributed by atoms with Crippen molar-refractivity contribution in [2.24, 2.45) is 28.1 Å². The summed E-state index contributed by atoms with van der Waals surface area (Å²) in [6.45, 7) is 8.94. The van der Waals surface area contributed by atoms with Crippen LogP contribution in [-0.4, -0.2) is 62.6 Å². The van der Waals surface area contributed by atoms with Crippen LogP contribution in [0.3, 0.4) is 0 Å². The second kappa shape index (κ2) is 5.54. The normalized spacial score (nSPS) is 52.8. The van der Waals surface area contributed by atoms with E-state index in [2.05, 4.69) is 6.58 Å². The quantitative estimate of drug-likeness (QED) is 0.349. The molecule has 0 aromatic carbocycles. The Bertz CT molecular complexity index is 907. The van der Waals surface area contributed by atoms with Crippen molar-refractivity contribution < 1.29 is 39.5 Å². The molecule has 3 saturated carbocycles. The summed E-state index contributed by atoms with van der Waals surface area (Å²) >= 11 is 0. The first kappa shape index (κ1) is 20.2. The number of aliphatic hydroxyl groups is 4. The molecule has 164 valence electrons. The molecule has 2 spiro atoms. The lowest BCUT2D eigenvalue weighted by molar-refractivity contribution is -0.395. The first-order valence-electron chi connectivity index (χ1n) is 10.5. The van der Waals surface area contributed by atoms with Crippen LogP contribution in [0, 0.1) is 28.1 Å². The van der Waals surface area contributed by atoms with Gasteiger partial charge in [0.25, 0.3) is 5.79 Å². The van der Waals surface area contributed by atoms with E-state index < -0.39 is 70.2 Å². The third-order valence-corrected chi connectivity index (χ3v) is 8.67. The van der Waals surface area contributed by atoms with Crippen molar-refractivity contribution >= 4 is 11.9 Å². The number of aliphatic hydroxyl groups excluding tert-OH is 3. The number of hydrogen-bond acceptors (Lipinski definition) is 8. The van der Waals surface area contributed by atoms with Crippen LogP contribution in [0.4, 0.5) is 0 Å². The molecule has 0 amide bonds. The fourth-order valence-electron chi connectivity index (χ4n) is 7.57. The molecule has 30 heavy (non-hydrogen) atoms. The van der Waals surface area contributed by atoms with Gasteiger partial charge in [-0.3, -0.25) is 9.59 Å². The smallest absolute Gasteiger partial charge is 0.323 e. The Hall–Kier alpha value is -1.74. The van der Waals surface area contributed by atoms with Crippen LogP contribution in [0.15, 0.2) is 23.8 Å². The molecular formula is C22H28O8. The standard InChI is InChI=1S/C22H28O8/c1-9-11-5-6-12-20-13(29-10(2)23)7-8-19(3,4)14(20)17(26)22(28,30-18(20)27)21(12,15(9)24)16(11)25/h6,11,13-17,24-26,28H,1,5,7-8H2,2-4H3/t11-,13-,14+,15+,16+,17-,20-,21-,22+/m0/s1. The van der Waals surface area contributed by atoms with Crippen molar-refractivity contribution in [2.45, 2.75) is 70.2 Å². The van der Waals surface area contributed by atoms with Crippen molar-refractivity contribution in [3.8, 4) is 0 Å². The van der Waals surface area contributed by atoms with Gasteiger partial charge in [-0.05, 0) is 35.8 Å². The van der Waals surface area contributed by atoms with Gasteiger partial charge in [0.1, 0.15) is 23.0 Å². The van der Waals surface area contributed by atoms with Gasteiger partial charge < -0.3 is 29.9 Å². The predicted octanol–water partition coefficient (Wildman–Crippen LogP) is 0.185. The number of allylic oxidation sites excluding steroid dienone is 1. The molecule has 0 radical (unpaired) electrons. The van der Waals surface area contributed by atoms with Gasteiger partial charge in [0.05, 0.1) is 12.2 Å². The maximum atomic E-state index is 13.6. The van der Waals surface area contributed by atoms with Crippen molar-refractivity contribution in [1.82, 2.24) is 0 Å². The summed E-state index contributed by atoms with van der Waals surface area (Å²) in [4.78, 5) is 25.5. The summed E-state index contributed by atoms with van der Waals surface area (Å²) in [7, 11) is 0. The third-order valence-electron chi connectivity index (χ3n) is 8.67. The minimum atomic E-state index is -2.53. The maximum Gasteiger partial charge on any atom is 0.323 e. The fourth-order valence-corrected chi connectivity index (χ4v) is 7.57. The zero-order valence-corrected chi connectivity index (χ0v) is 17.3. The average molecular weight is 420 g/mol. The molecule has 5 fully saturated rings. The van der Waals surface area contributed by atoms with E-state index in [1.165, 1.54) is 6.92 Å². The van der Waals surface area contributed by atoms with Gasteiger partial charge in [0.2, 0.25) is 0 Å². The highest BCUT2D eigenvalue weighted by atomic mass is 16.7. The zero-order valence-electron chi connectivity index (χ0n) is 17.3. The molecule has 4 N–H and O–H groups in total. The minimum absolute atomic E-state index is 0.304. The van der Waals surface area contributed by atoms with E-state index in [0.29, 0.717) is 30.4 Å². The molecule has 4 bridgehead atoms. The van der Waals surface area contributed by atoms with Gasteiger partial charge >= 0.3 is 11.9 Å².